The molecule has 0 saturated carbocycles. The third-order valence-corrected chi connectivity index (χ3v) is 5.66. The zero-order chi connectivity index (χ0) is 21.1. The molecule has 7 nitrogen and oxygen atoms in total. The molecule has 30 heavy (non-hydrogen) atoms. The van der Waals surface area contributed by atoms with Crippen molar-refractivity contribution in [3.05, 3.63) is 59.5 Å². The largest absolute Gasteiger partial charge is 0.497 e. The number of amides is 2. The Kier molecular flexibility index (Phi) is 5.70. The highest BCUT2D eigenvalue weighted by atomic mass is 16.5. The molecular formula is C23H26N4O3. The van der Waals surface area contributed by atoms with E-state index in [1.807, 2.05) is 56.3 Å². The molecule has 1 aromatic heterocycles. The van der Waals surface area contributed by atoms with Crippen LogP contribution in [0.15, 0.2) is 47.0 Å². The normalized spacial score (nSPS) is 16.4. The van der Waals surface area contributed by atoms with Gasteiger partial charge < -0.3 is 19.5 Å². The number of nitrogens with one attached hydrogen (secondary N) is 1. The van der Waals surface area contributed by atoms with Gasteiger partial charge >= 0.3 is 6.03 Å². The molecule has 2 amide bonds. The van der Waals surface area contributed by atoms with Crippen LogP contribution in [0.5, 0.6) is 5.75 Å². The van der Waals surface area contributed by atoms with Gasteiger partial charge in [-0.1, -0.05) is 29.4 Å². The molecular weight excluding hydrogens is 380 g/mol. The zero-order valence-electron chi connectivity index (χ0n) is 17.5. The van der Waals surface area contributed by atoms with Crippen molar-refractivity contribution in [1.82, 2.24) is 15.0 Å². The van der Waals surface area contributed by atoms with Crippen LogP contribution in [-0.4, -0.2) is 34.7 Å². The molecule has 2 aromatic carbocycles. The zero-order valence-corrected chi connectivity index (χ0v) is 17.5. The van der Waals surface area contributed by atoms with Crippen molar-refractivity contribution in [2.45, 2.75) is 39.2 Å². The molecule has 0 radical (unpaired) electrons. The average Bonchev–Trinajstić information content (AvgIpc) is 3.27. The van der Waals surface area contributed by atoms with E-state index < -0.39 is 0 Å². The summed E-state index contributed by atoms with van der Waals surface area (Å²) in [7, 11) is 1.62. The summed E-state index contributed by atoms with van der Waals surface area (Å²) in [6.45, 7) is 4.70. The highest BCUT2D eigenvalue weighted by molar-refractivity contribution is 5.90. The summed E-state index contributed by atoms with van der Waals surface area (Å²) in [5, 5.41) is 7.20. The summed E-state index contributed by atoms with van der Waals surface area (Å²) in [6.07, 6.45) is 2.75. The maximum absolute atomic E-state index is 13.1. The highest BCUT2D eigenvalue weighted by Gasteiger charge is 2.32. The Morgan fingerprint density at radius 1 is 1.20 bits per heavy atom. The summed E-state index contributed by atoms with van der Waals surface area (Å²) < 4.78 is 10.9. The van der Waals surface area contributed by atoms with E-state index in [1.54, 1.807) is 12.0 Å². The first-order chi connectivity index (χ1) is 14.6. The van der Waals surface area contributed by atoms with Gasteiger partial charge in [0.15, 0.2) is 0 Å². The monoisotopic (exact) mass is 406 g/mol. The van der Waals surface area contributed by atoms with E-state index in [0.29, 0.717) is 18.3 Å². The van der Waals surface area contributed by atoms with E-state index in [-0.39, 0.29) is 12.1 Å². The van der Waals surface area contributed by atoms with Crippen molar-refractivity contribution < 1.29 is 14.1 Å². The fourth-order valence-corrected chi connectivity index (χ4v) is 3.75. The van der Waals surface area contributed by atoms with Crippen molar-refractivity contribution >= 4 is 11.7 Å². The molecule has 1 fully saturated rings. The Hall–Kier alpha value is -3.35. The number of carbonyl (C=O) groups excluding carboxylic acids is 1. The molecule has 0 bridgehead atoms. The van der Waals surface area contributed by atoms with Gasteiger partial charge in [-0.3, -0.25) is 0 Å². The third kappa shape index (κ3) is 4.01. The standard InChI is InChI=1S/C23H26N4O3/c1-15-8-6-11-19(16(15)2)24-23(28)27-13-5-4-12-20(27)22-25-21(26-30-22)17-9-7-10-18(14-17)29-3/h6-11,14,20H,4-5,12-13H2,1-3H3,(H,24,28). The molecule has 2 heterocycles. The third-order valence-electron chi connectivity index (χ3n) is 5.66. The van der Waals surface area contributed by atoms with Crippen LogP contribution >= 0.6 is 0 Å². The first kappa shape index (κ1) is 19.9. The quantitative estimate of drug-likeness (QED) is 0.650. The predicted octanol–water partition coefficient (Wildman–Crippen LogP) is 5.12. The Bertz CT molecular complexity index is 1050. The number of hydrogen-bond donors (Lipinski definition) is 1. The van der Waals surface area contributed by atoms with Gasteiger partial charge in [-0.2, -0.15) is 4.98 Å². The summed E-state index contributed by atoms with van der Waals surface area (Å²) in [5.74, 6) is 1.68. The van der Waals surface area contributed by atoms with Crippen molar-refractivity contribution in [3.63, 3.8) is 0 Å². The number of anilines is 1. The van der Waals surface area contributed by atoms with Gasteiger partial charge in [0.1, 0.15) is 11.8 Å². The molecule has 3 aromatic rings. The first-order valence-electron chi connectivity index (χ1n) is 10.2. The van der Waals surface area contributed by atoms with Crippen LogP contribution in [0, 0.1) is 13.8 Å². The molecule has 4 rings (SSSR count). The molecule has 1 unspecified atom stereocenters. The summed E-state index contributed by atoms with van der Waals surface area (Å²) >= 11 is 0. The van der Waals surface area contributed by atoms with Gasteiger partial charge in [0.25, 0.3) is 0 Å². The van der Waals surface area contributed by atoms with Crippen molar-refractivity contribution in [1.29, 1.82) is 0 Å². The minimum absolute atomic E-state index is 0.144. The molecule has 1 atom stereocenters. The van der Waals surface area contributed by atoms with E-state index in [4.69, 9.17) is 9.26 Å². The smallest absolute Gasteiger partial charge is 0.322 e. The summed E-state index contributed by atoms with van der Waals surface area (Å²) in [6, 6.07) is 13.0. The van der Waals surface area contributed by atoms with E-state index in [2.05, 4.69) is 15.5 Å². The van der Waals surface area contributed by atoms with Crippen molar-refractivity contribution in [2.24, 2.45) is 0 Å². The second-order valence-corrected chi connectivity index (χ2v) is 7.57. The topological polar surface area (TPSA) is 80.5 Å². The van der Waals surface area contributed by atoms with Crippen molar-refractivity contribution in [2.75, 3.05) is 19.0 Å². The highest BCUT2D eigenvalue weighted by Crippen LogP contribution is 2.32. The number of methoxy groups -OCH3 is 1. The number of rotatable bonds is 4. The van der Waals surface area contributed by atoms with Crippen LogP contribution in [0.3, 0.4) is 0 Å². The van der Waals surface area contributed by atoms with Crippen LogP contribution in [-0.2, 0) is 0 Å². The average molecular weight is 406 g/mol. The van der Waals surface area contributed by atoms with E-state index >= 15 is 0 Å². The first-order valence-corrected chi connectivity index (χ1v) is 10.2. The molecule has 156 valence electrons. The maximum Gasteiger partial charge on any atom is 0.322 e. The lowest BCUT2D eigenvalue weighted by Crippen LogP contribution is -2.41. The molecule has 1 aliphatic rings. The Morgan fingerprint density at radius 2 is 2.03 bits per heavy atom. The van der Waals surface area contributed by atoms with Crippen LogP contribution in [0.2, 0.25) is 0 Å². The van der Waals surface area contributed by atoms with Crippen LogP contribution in [0.25, 0.3) is 11.4 Å². The number of hydrogen-bond acceptors (Lipinski definition) is 5. The van der Waals surface area contributed by atoms with Gasteiger partial charge in [0.2, 0.25) is 11.7 Å². The van der Waals surface area contributed by atoms with Gasteiger partial charge in [0, 0.05) is 17.8 Å². The lowest BCUT2D eigenvalue weighted by atomic mass is 10.0. The fourth-order valence-electron chi connectivity index (χ4n) is 3.75. The Balaban J connectivity index is 1.56. The number of piperidine rings is 1. The number of likely N-dealkylation sites (tertiary alicyclic amines) is 1. The van der Waals surface area contributed by atoms with Gasteiger partial charge in [-0.25, -0.2) is 4.79 Å². The number of urea groups is 1. The van der Waals surface area contributed by atoms with E-state index in [9.17, 15) is 4.79 Å². The molecule has 0 aliphatic carbocycles. The lowest BCUT2D eigenvalue weighted by molar-refractivity contribution is 0.142. The number of carbonyl (C=O) groups is 1. The van der Waals surface area contributed by atoms with Gasteiger partial charge in [0.05, 0.1) is 7.11 Å². The number of aromatic nitrogens is 2. The van der Waals surface area contributed by atoms with Crippen molar-refractivity contribution in [3.8, 4) is 17.1 Å². The molecule has 1 N–H and O–H groups in total. The number of aryl methyl sites for hydroxylation is 1. The molecule has 0 spiro atoms. The summed E-state index contributed by atoms with van der Waals surface area (Å²) in [4.78, 5) is 19.5. The van der Waals surface area contributed by atoms with Crippen LogP contribution in [0.4, 0.5) is 10.5 Å². The summed E-state index contributed by atoms with van der Waals surface area (Å²) in [5.41, 5.74) is 3.85. The predicted molar refractivity (Wildman–Crippen MR) is 115 cm³/mol. The maximum atomic E-state index is 13.1. The number of ether oxygens (including phenoxy) is 1. The minimum Gasteiger partial charge on any atom is -0.497 e. The van der Waals surface area contributed by atoms with Gasteiger partial charge in [-0.15, -0.1) is 0 Å². The Labute approximate surface area is 176 Å². The second kappa shape index (κ2) is 8.57. The lowest BCUT2D eigenvalue weighted by Gasteiger charge is -2.33. The minimum atomic E-state index is -0.240. The Morgan fingerprint density at radius 3 is 2.87 bits per heavy atom. The van der Waals surface area contributed by atoms with E-state index in [0.717, 1.165) is 47.4 Å². The number of benzene rings is 2. The van der Waals surface area contributed by atoms with Crippen LogP contribution < -0.4 is 10.1 Å². The fraction of sp³-hybridized carbons (Fsp3) is 0.348. The molecule has 1 aliphatic heterocycles. The van der Waals surface area contributed by atoms with Gasteiger partial charge in [-0.05, 0) is 62.4 Å². The molecule has 1 saturated heterocycles. The second-order valence-electron chi connectivity index (χ2n) is 7.57. The SMILES string of the molecule is COc1cccc(-c2noc(C3CCCCN3C(=O)Nc3cccc(C)c3C)n2)c1. The van der Waals surface area contributed by atoms with E-state index in [1.165, 1.54) is 0 Å². The number of nitrogens with zero attached hydrogens (tertiary/aromatic N) is 3. The molecule has 7 heteroatoms. The van der Waals surface area contributed by atoms with Crippen LogP contribution in [0.1, 0.15) is 42.3 Å².